The maximum absolute atomic E-state index is 11.3. The van der Waals surface area contributed by atoms with Crippen LogP contribution in [-0.4, -0.2) is 31.2 Å². The van der Waals surface area contributed by atoms with Crippen molar-refractivity contribution in [2.75, 3.05) is 25.0 Å². The normalized spacial score (nSPS) is 18.9. The summed E-state index contributed by atoms with van der Waals surface area (Å²) in [5, 5.41) is 12.2. The third-order valence-corrected chi connectivity index (χ3v) is 4.22. The Hall–Kier alpha value is -1.55. The molecule has 0 fully saturated rings. The quantitative estimate of drug-likeness (QED) is 0.869. The monoisotopic (exact) mass is 260 g/mol. The predicted octanol–water partition coefficient (Wildman–Crippen LogP) is 1.73. The zero-order valence-corrected chi connectivity index (χ0v) is 11.3. The lowest BCUT2D eigenvalue weighted by Gasteiger charge is -2.37. The minimum absolute atomic E-state index is 0.598. The first-order chi connectivity index (χ1) is 9.20. The van der Waals surface area contributed by atoms with Gasteiger partial charge in [0.25, 0.3) is 0 Å². The number of carboxylic acids is 1. The van der Waals surface area contributed by atoms with Gasteiger partial charge < -0.3 is 15.3 Å². The van der Waals surface area contributed by atoms with E-state index < -0.39 is 12.0 Å². The Morgan fingerprint density at radius 2 is 1.84 bits per heavy atom. The fourth-order valence-electron chi connectivity index (χ4n) is 3.43. The van der Waals surface area contributed by atoms with Gasteiger partial charge in [0.05, 0.1) is 0 Å². The number of nitrogens with zero attached hydrogens (tertiary/aromatic N) is 1. The highest BCUT2D eigenvalue weighted by molar-refractivity contribution is 5.77. The van der Waals surface area contributed by atoms with Gasteiger partial charge in [0.1, 0.15) is 6.04 Å². The van der Waals surface area contributed by atoms with Crippen LogP contribution in [0.15, 0.2) is 12.1 Å². The molecular formula is C15H20N2O2. The molecule has 0 amide bonds. The van der Waals surface area contributed by atoms with Crippen LogP contribution in [0.3, 0.4) is 0 Å². The molecule has 0 bridgehead atoms. The van der Waals surface area contributed by atoms with Crippen molar-refractivity contribution in [3.8, 4) is 0 Å². The predicted molar refractivity (Wildman–Crippen MR) is 74.7 cm³/mol. The minimum atomic E-state index is -0.807. The van der Waals surface area contributed by atoms with Crippen molar-refractivity contribution in [2.24, 2.45) is 0 Å². The van der Waals surface area contributed by atoms with Crippen LogP contribution < -0.4 is 10.2 Å². The number of rotatable bonds is 3. The van der Waals surface area contributed by atoms with Crippen LogP contribution in [0.1, 0.15) is 35.6 Å². The number of nitrogens with one attached hydrogen (secondary N) is 1. The van der Waals surface area contributed by atoms with E-state index in [1.54, 1.807) is 7.05 Å². The third-order valence-electron chi connectivity index (χ3n) is 4.22. The van der Waals surface area contributed by atoms with Crippen molar-refractivity contribution in [3.05, 3.63) is 28.8 Å². The van der Waals surface area contributed by atoms with Crippen molar-refractivity contribution >= 4 is 11.7 Å². The largest absolute Gasteiger partial charge is 0.480 e. The Labute approximate surface area is 113 Å². The van der Waals surface area contributed by atoms with Gasteiger partial charge in [0, 0.05) is 18.8 Å². The topological polar surface area (TPSA) is 52.6 Å². The number of hydrogen-bond acceptors (Lipinski definition) is 3. The maximum atomic E-state index is 11.3. The van der Waals surface area contributed by atoms with Gasteiger partial charge in [-0.3, -0.25) is 4.79 Å². The molecular weight excluding hydrogens is 240 g/mol. The lowest BCUT2D eigenvalue weighted by atomic mass is 9.88. The molecule has 2 aliphatic rings. The number of aliphatic carboxylic acids is 1. The lowest BCUT2D eigenvalue weighted by Crippen LogP contribution is -2.35. The number of aryl methyl sites for hydroxylation is 2. The summed E-state index contributed by atoms with van der Waals surface area (Å²) in [5.74, 6) is -0.807. The molecule has 0 saturated carbocycles. The molecule has 0 aliphatic carbocycles. The van der Waals surface area contributed by atoms with Gasteiger partial charge in [0.15, 0.2) is 0 Å². The Morgan fingerprint density at radius 1 is 1.26 bits per heavy atom. The Balaban J connectivity index is 2.07. The molecule has 0 radical (unpaired) electrons. The highest BCUT2D eigenvalue weighted by Crippen LogP contribution is 2.37. The van der Waals surface area contributed by atoms with E-state index in [1.807, 2.05) is 0 Å². The van der Waals surface area contributed by atoms with E-state index in [-0.39, 0.29) is 0 Å². The van der Waals surface area contributed by atoms with Gasteiger partial charge >= 0.3 is 5.97 Å². The smallest absolute Gasteiger partial charge is 0.325 e. The third kappa shape index (κ3) is 2.10. The van der Waals surface area contributed by atoms with Crippen LogP contribution in [-0.2, 0) is 17.6 Å². The fourth-order valence-corrected chi connectivity index (χ4v) is 3.43. The van der Waals surface area contributed by atoms with E-state index >= 15 is 0 Å². The Kier molecular flexibility index (Phi) is 3.19. The molecule has 1 aromatic rings. The highest BCUT2D eigenvalue weighted by Gasteiger charge is 2.27. The standard InChI is InChI=1S/C15H20N2O2/c1-16-13(15(18)19)12-8-10-4-2-6-17-7-3-5-11(9-12)14(10)17/h8-9,13,16H,2-7H2,1H3,(H,18,19). The Bertz CT molecular complexity index is 482. The molecule has 0 aromatic heterocycles. The summed E-state index contributed by atoms with van der Waals surface area (Å²) in [6.07, 6.45) is 4.49. The zero-order chi connectivity index (χ0) is 13.4. The van der Waals surface area contributed by atoms with Crippen molar-refractivity contribution in [2.45, 2.75) is 31.7 Å². The minimum Gasteiger partial charge on any atom is -0.480 e. The van der Waals surface area contributed by atoms with Gasteiger partial charge in [-0.1, -0.05) is 12.1 Å². The molecule has 19 heavy (non-hydrogen) atoms. The Morgan fingerprint density at radius 3 is 2.32 bits per heavy atom. The van der Waals surface area contributed by atoms with Gasteiger partial charge in [-0.15, -0.1) is 0 Å². The van der Waals surface area contributed by atoms with Crippen molar-refractivity contribution in [1.82, 2.24) is 5.32 Å². The van der Waals surface area contributed by atoms with Crippen LogP contribution in [0.5, 0.6) is 0 Å². The molecule has 1 unspecified atom stereocenters. The molecule has 2 aliphatic heterocycles. The first kappa shape index (κ1) is 12.5. The summed E-state index contributed by atoms with van der Waals surface area (Å²) in [6.45, 7) is 2.29. The SMILES string of the molecule is CNC(C(=O)O)c1cc2c3c(c1)CCCN3CCC2. The summed E-state index contributed by atoms with van der Waals surface area (Å²) in [7, 11) is 1.70. The number of anilines is 1. The van der Waals surface area contributed by atoms with E-state index in [2.05, 4.69) is 22.3 Å². The summed E-state index contributed by atoms with van der Waals surface area (Å²) in [4.78, 5) is 13.8. The van der Waals surface area contributed by atoms with Crippen LogP contribution in [0, 0.1) is 0 Å². The molecule has 0 spiro atoms. The number of hydrogen-bond donors (Lipinski definition) is 2. The van der Waals surface area contributed by atoms with Crippen molar-refractivity contribution in [3.63, 3.8) is 0 Å². The van der Waals surface area contributed by atoms with Crippen LogP contribution in [0.4, 0.5) is 5.69 Å². The second-order valence-corrected chi connectivity index (χ2v) is 5.44. The van der Waals surface area contributed by atoms with E-state index in [0.29, 0.717) is 0 Å². The first-order valence-corrected chi connectivity index (χ1v) is 7.01. The molecule has 4 nitrogen and oxygen atoms in total. The van der Waals surface area contributed by atoms with Crippen LogP contribution in [0.25, 0.3) is 0 Å². The summed E-state index contributed by atoms with van der Waals surface area (Å²) in [5.41, 5.74) is 4.95. The molecule has 2 heterocycles. The van der Waals surface area contributed by atoms with Gasteiger partial charge in [0.2, 0.25) is 0 Å². The number of carbonyl (C=O) groups is 1. The first-order valence-electron chi connectivity index (χ1n) is 7.01. The van der Waals surface area contributed by atoms with E-state index in [9.17, 15) is 9.90 Å². The second kappa shape index (κ2) is 4.85. The molecule has 4 heteroatoms. The number of carboxylic acid groups (broad SMARTS) is 1. The molecule has 0 saturated heterocycles. The molecule has 3 rings (SSSR count). The zero-order valence-electron chi connectivity index (χ0n) is 11.3. The number of benzene rings is 1. The van der Waals surface area contributed by atoms with Gasteiger partial charge in [-0.2, -0.15) is 0 Å². The molecule has 1 aromatic carbocycles. The van der Waals surface area contributed by atoms with E-state index in [1.165, 1.54) is 29.7 Å². The van der Waals surface area contributed by atoms with E-state index in [0.717, 1.165) is 31.5 Å². The second-order valence-electron chi connectivity index (χ2n) is 5.44. The van der Waals surface area contributed by atoms with Crippen LogP contribution in [0.2, 0.25) is 0 Å². The fraction of sp³-hybridized carbons (Fsp3) is 0.533. The van der Waals surface area contributed by atoms with Crippen LogP contribution >= 0.6 is 0 Å². The van der Waals surface area contributed by atoms with E-state index in [4.69, 9.17) is 0 Å². The molecule has 102 valence electrons. The average Bonchev–Trinajstić information content (AvgIpc) is 2.39. The van der Waals surface area contributed by atoms with Crippen molar-refractivity contribution in [1.29, 1.82) is 0 Å². The lowest BCUT2D eigenvalue weighted by molar-refractivity contribution is -0.139. The maximum Gasteiger partial charge on any atom is 0.325 e. The summed E-state index contributed by atoms with van der Waals surface area (Å²) >= 11 is 0. The average molecular weight is 260 g/mol. The van der Waals surface area contributed by atoms with Gasteiger partial charge in [-0.25, -0.2) is 0 Å². The van der Waals surface area contributed by atoms with Gasteiger partial charge in [-0.05, 0) is 49.4 Å². The number of likely N-dealkylation sites (N-methyl/N-ethyl adjacent to an activating group) is 1. The molecule has 1 atom stereocenters. The summed E-state index contributed by atoms with van der Waals surface area (Å²) in [6, 6.07) is 3.58. The highest BCUT2D eigenvalue weighted by atomic mass is 16.4. The summed E-state index contributed by atoms with van der Waals surface area (Å²) < 4.78 is 0. The molecule has 2 N–H and O–H groups in total. The van der Waals surface area contributed by atoms with Crippen molar-refractivity contribution < 1.29 is 9.90 Å².